The fourth-order valence-electron chi connectivity index (χ4n) is 3.28. The molecule has 2 aliphatic rings. The Hall–Kier alpha value is -1.98. The third-order valence-corrected chi connectivity index (χ3v) is 4.57. The second-order valence-electron chi connectivity index (χ2n) is 6.07. The minimum Gasteiger partial charge on any atom is -0.406 e. The molecule has 2 saturated carbocycles. The van der Waals surface area contributed by atoms with Gasteiger partial charge in [-0.15, -0.1) is 13.2 Å². The maximum atomic E-state index is 12.2. The van der Waals surface area contributed by atoms with E-state index in [2.05, 4.69) is 14.3 Å². The highest BCUT2D eigenvalue weighted by Gasteiger charge is 2.55. The van der Waals surface area contributed by atoms with Crippen molar-refractivity contribution in [3.05, 3.63) is 36.7 Å². The first-order valence-electron chi connectivity index (χ1n) is 7.38. The molecule has 6 heteroatoms. The number of benzene rings is 1. The standard InChI is InChI=1S/C16H15F3N2O/c17-16(18,19)22-13-5-1-11(2-6-13)14-20-9-10-21(14)15(7-8-15)12-3-4-12/h1-2,5-6,9-10,12H,3-4,7-8H2. The molecule has 116 valence electrons. The number of rotatable bonds is 4. The van der Waals surface area contributed by atoms with Crippen LogP contribution in [0, 0.1) is 5.92 Å². The number of hydrogen-bond donors (Lipinski definition) is 0. The van der Waals surface area contributed by atoms with E-state index in [1.165, 1.54) is 25.0 Å². The van der Waals surface area contributed by atoms with E-state index < -0.39 is 6.36 Å². The van der Waals surface area contributed by atoms with Gasteiger partial charge in [-0.05, 0) is 55.9 Å². The maximum Gasteiger partial charge on any atom is 0.573 e. The van der Waals surface area contributed by atoms with Crippen molar-refractivity contribution in [2.75, 3.05) is 0 Å². The van der Waals surface area contributed by atoms with Crippen molar-refractivity contribution in [3.63, 3.8) is 0 Å². The summed E-state index contributed by atoms with van der Waals surface area (Å²) in [4.78, 5) is 4.41. The lowest BCUT2D eigenvalue weighted by Gasteiger charge is -2.19. The topological polar surface area (TPSA) is 27.1 Å². The van der Waals surface area contributed by atoms with Gasteiger partial charge in [-0.1, -0.05) is 0 Å². The molecule has 4 rings (SSSR count). The monoisotopic (exact) mass is 308 g/mol. The van der Waals surface area contributed by atoms with Gasteiger partial charge in [0.1, 0.15) is 11.6 Å². The van der Waals surface area contributed by atoms with Gasteiger partial charge in [0.15, 0.2) is 0 Å². The summed E-state index contributed by atoms with van der Waals surface area (Å²) in [6, 6.07) is 5.92. The van der Waals surface area contributed by atoms with Crippen LogP contribution in [0.5, 0.6) is 5.75 Å². The average Bonchev–Trinajstić information content (AvgIpc) is 3.36. The van der Waals surface area contributed by atoms with Gasteiger partial charge in [0, 0.05) is 23.5 Å². The van der Waals surface area contributed by atoms with Gasteiger partial charge in [0.2, 0.25) is 0 Å². The lowest BCUT2D eigenvalue weighted by Crippen LogP contribution is -2.19. The van der Waals surface area contributed by atoms with Gasteiger partial charge in [-0.3, -0.25) is 0 Å². The molecule has 1 heterocycles. The Labute approximate surface area is 125 Å². The van der Waals surface area contributed by atoms with Crippen LogP contribution in [0.25, 0.3) is 11.4 Å². The number of ether oxygens (including phenoxy) is 1. The quantitative estimate of drug-likeness (QED) is 0.839. The van der Waals surface area contributed by atoms with Gasteiger partial charge in [-0.25, -0.2) is 4.98 Å². The smallest absolute Gasteiger partial charge is 0.406 e. The Morgan fingerprint density at radius 1 is 1.14 bits per heavy atom. The summed E-state index contributed by atoms with van der Waals surface area (Å²) in [6.45, 7) is 0. The van der Waals surface area contributed by atoms with Gasteiger partial charge in [0.25, 0.3) is 0 Å². The second kappa shape index (κ2) is 4.51. The number of hydrogen-bond acceptors (Lipinski definition) is 2. The Morgan fingerprint density at radius 3 is 2.36 bits per heavy atom. The van der Waals surface area contributed by atoms with Crippen LogP contribution < -0.4 is 4.74 Å². The Morgan fingerprint density at radius 2 is 1.82 bits per heavy atom. The van der Waals surface area contributed by atoms with E-state index in [0.717, 1.165) is 30.1 Å². The van der Waals surface area contributed by atoms with Crippen LogP contribution in [0.2, 0.25) is 0 Å². The fraction of sp³-hybridized carbons (Fsp3) is 0.438. The van der Waals surface area contributed by atoms with E-state index in [9.17, 15) is 13.2 Å². The molecule has 0 amide bonds. The lowest BCUT2D eigenvalue weighted by molar-refractivity contribution is -0.274. The van der Waals surface area contributed by atoms with Crippen molar-refractivity contribution in [1.29, 1.82) is 0 Å². The van der Waals surface area contributed by atoms with Crippen molar-refractivity contribution in [3.8, 4) is 17.1 Å². The molecule has 2 aliphatic carbocycles. The normalized spacial score (nSPS) is 20.0. The van der Waals surface area contributed by atoms with E-state index in [4.69, 9.17) is 0 Å². The first-order chi connectivity index (χ1) is 10.5. The first kappa shape index (κ1) is 13.7. The zero-order valence-corrected chi connectivity index (χ0v) is 11.8. The van der Waals surface area contributed by atoms with Crippen LogP contribution >= 0.6 is 0 Å². The molecule has 2 fully saturated rings. The molecular formula is C16H15F3N2O. The molecule has 0 spiro atoms. The van der Waals surface area contributed by atoms with Gasteiger partial charge < -0.3 is 9.30 Å². The fourth-order valence-corrected chi connectivity index (χ4v) is 3.28. The van der Waals surface area contributed by atoms with Crippen LogP contribution in [0.15, 0.2) is 36.7 Å². The third-order valence-electron chi connectivity index (χ3n) is 4.57. The number of aromatic nitrogens is 2. The Kier molecular flexibility index (Phi) is 2.80. The highest BCUT2D eigenvalue weighted by Crippen LogP contribution is 2.60. The molecule has 0 unspecified atom stereocenters. The van der Waals surface area contributed by atoms with Crippen LogP contribution in [-0.2, 0) is 5.54 Å². The highest BCUT2D eigenvalue weighted by molar-refractivity contribution is 5.57. The van der Waals surface area contributed by atoms with Crippen molar-refractivity contribution < 1.29 is 17.9 Å². The summed E-state index contributed by atoms with van der Waals surface area (Å²) < 4.78 is 42.7. The predicted molar refractivity (Wildman–Crippen MR) is 74.3 cm³/mol. The zero-order valence-electron chi connectivity index (χ0n) is 11.8. The van der Waals surface area contributed by atoms with E-state index in [0.29, 0.717) is 0 Å². The van der Waals surface area contributed by atoms with Gasteiger partial charge >= 0.3 is 6.36 Å². The predicted octanol–water partition coefficient (Wildman–Crippen LogP) is 4.35. The molecule has 22 heavy (non-hydrogen) atoms. The van der Waals surface area contributed by atoms with Gasteiger partial charge in [0.05, 0.1) is 0 Å². The molecule has 0 N–H and O–H groups in total. The molecule has 0 saturated heterocycles. The number of alkyl halides is 3. The summed E-state index contributed by atoms with van der Waals surface area (Å²) >= 11 is 0. The number of halogens is 3. The summed E-state index contributed by atoms with van der Waals surface area (Å²) in [5, 5.41) is 0. The SMILES string of the molecule is FC(F)(F)Oc1ccc(-c2nccn2C2(C3CC3)CC2)cc1. The largest absolute Gasteiger partial charge is 0.573 e. The highest BCUT2D eigenvalue weighted by atomic mass is 19.4. The van der Waals surface area contributed by atoms with Crippen molar-refractivity contribution in [2.24, 2.45) is 5.92 Å². The molecule has 3 nitrogen and oxygen atoms in total. The van der Waals surface area contributed by atoms with Gasteiger partial charge in [-0.2, -0.15) is 0 Å². The van der Waals surface area contributed by atoms with E-state index >= 15 is 0 Å². The molecule has 0 bridgehead atoms. The Balaban J connectivity index is 1.62. The average molecular weight is 308 g/mol. The van der Waals surface area contributed by atoms with Crippen molar-refractivity contribution in [1.82, 2.24) is 9.55 Å². The summed E-state index contributed by atoms with van der Waals surface area (Å²) in [7, 11) is 0. The molecule has 0 radical (unpaired) electrons. The molecule has 0 aliphatic heterocycles. The summed E-state index contributed by atoms with van der Waals surface area (Å²) in [5.74, 6) is 1.34. The zero-order chi connectivity index (χ0) is 15.4. The molecule has 0 atom stereocenters. The number of imidazole rings is 1. The molecule has 1 aromatic heterocycles. The Bertz CT molecular complexity index is 682. The van der Waals surface area contributed by atoms with E-state index in [1.54, 1.807) is 18.3 Å². The molecule has 2 aromatic rings. The second-order valence-corrected chi connectivity index (χ2v) is 6.07. The summed E-state index contributed by atoms with van der Waals surface area (Å²) in [6.07, 6.45) is 3.93. The van der Waals surface area contributed by atoms with E-state index in [1.807, 2.05) is 6.20 Å². The minimum absolute atomic E-state index is 0.201. The van der Waals surface area contributed by atoms with Crippen LogP contribution in [0.3, 0.4) is 0 Å². The number of nitrogens with zero attached hydrogens (tertiary/aromatic N) is 2. The van der Waals surface area contributed by atoms with Crippen molar-refractivity contribution >= 4 is 0 Å². The maximum absolute atomic E-state index is 12.2. The van der Waals surface area contributed by atoms with E-state index in [-0.39, 0.29) is 11.3 Å². The third kappa shape index (κ3) is 2.36. The van der Waals surface area contributed by atoms with Crippen molar-refractivity contribution in [2.45, 2.75) is 37.6 Å². The van der Waals surface area contributed by atoms with Crippen LogP contribution in [0.1, 0.15) is 25.7 Å². The first-order valence-corrected chi connectivity index (χ1v) is 7.38. The van der Waals surface area contributed by atoms with Crippen LogP contribution in [0.4, 0.5) is 13.2 Å². The molecular weight excluding hydrogens is 293 g/mol. The lowest BCUT2D eigenvalue weighted by atomic mass is 10.1. The molecule has 1 aromatic carbocycles. The summed E-state index contributed by atoms with van der Waals surface area (Å²) in [5.41, 5.74) is 1.01. The van der Waals surface area contributed by atoms with Crippen LogP contribution in [-0.4, -0.2) is 15.9 Å². The minimum atomic E-state index is -4.66.